The fourth-order valence-corrected chi connectivity index (χ4v) is 1.68. The normalized spacial score (nSPS) is 13.8. The van der Waals surface area contributed by atoms with Crippen molar-refractivity contribution in [2.75, 3.05) is 6.54 Å². The molecule has 16 heavy (non-hydrogen) atoms. The fraction of sp³-hybridized carbons (Fsp3) is 0.571. The monoisotopic (exact) mass is 223 g/mol. The minimum Gasteiger partial charge on any atom is -0.330 e. The van der Waals surface area contributed by atoms with E-state index in [0.717, 1.165) is 5.56 Å². The first-order valence-corrected chi connectivity index (χ1v) is 5.87. The van der Waals surface area contributed by atoms with Crippen molar-refractivity contribution in [3.05, 3.63) is 35.4 Å². The molecule has 1 aromatic rings. The van der Waals surface area contributed by atoms with Gasteiger partial charge in [-0.1, -0.05) is 45.0 Å². The summed E-state index contributed by atoms with van der Waals surface area (Å²) < 4.78 is 13.3. The molecule has 2 heteroatoms. The third-order valence-electron chi connectivity index (χ3n) is 2.76. The molecule has 0 heterocycles. The van der Waals surface area contributed by atoms with Gasteiger partial charge in [-0.05, 0) is 29.5 Å². The zero-order valence-corrected chi connectivity index (χ0v) is 10.5. The molecule has 0 aliphatic carbocycles. The van der Waals surface area contributed by atoms with E-state index in [1.807, 2.05) is 12.1 Å². The summed E-state index contributed by atoms with van der Waals surface area (Å²) in [5.41, 5.74) is 7.81. The lowest BCUT2D eigenvalue weighted by atomic mass is 9.86. The number of rotatable bonds is 4. The molecule has 2 N–H and O–H groups in total. The Morgan fingerprint density at radius 1 is 1.19 bits per heavy atom. The van der Waals surface area contributed by atoms with Crippen molar-refractivity contribution in [3.63, 3.8) is 0 Å². The molecule has 1 unspecified atom stereocenters. The van der Waals surface area contributed by atoms with Gasteiger partial charge in [-0.3, -0.25) is 0 Å². The summed E-state index contributed by atoms with van der Waals surface area (Å²) >= 11 is 0. The van der Waals surface area contributed by atoms with Gasteiger partial charge in [0, 0.05) is 6.42 Å². The minimum atomic E-state index is -0.814. The molecule has 0 saturated carbocycles. The maximum Gasteiger partial charge on any atom is 0.105 e. The van der Waals surface area contributed by atoms with Crippen LogP contribution in [0.5, 0.6) is 0 Å². The highest BCUT2D eigenvalue weighted by atomic mass is 19.1. The molecule has 0 fully saturated rings. The third kappa shape index (κ3) is 3.93. The second kappa shape index (κ2) is 5.44. The van der Waals surface area contributed by atoms with Gasteiger partial charge >= 0.3 is 0 Å². The summed E-state index contributed by atoms with van der Waals surface area (Å²) in [6, 6.07) is 8.21. The highest BCUT2D eigenvalue weighted by Gasteiger charge is 2.13. The molecule has 1 atom stereocenters. The van der Waals surface area contributed by atoms with E-state index in [-0.39, 0.29) is 5.41 Å². The molecular formula is C14H22FN. The molecule has 90 valence electrons. The summed E-state index contributed by atoms with van der Waals surface area (Å²) in [5, 5.41) is 0. The number of nitrogens with two attached hydrogens (primary N) is 1. The topological polar surface area (TPSA) is 26.0 Å². The molecule has 1 aromatic carbocycles. The molecule has 0 amide bonds. The van der Waals surface area contributed by atoms with E-state index in [1.165, 1.54) is 5.56 Å². The zero-order chi connectivity index (χ0) is 12.2. The van der Waals surface area contributed by atoms with E-state index in [2.05, 4.69) is 32.9 Å². The van der Waals surface area contributed by atoms with Crippen LogP contribution in [0.2, 0.25) is 0 Å². The lowest BCUT2D eigenvalue weighted by Gasteiger charge is -2.19. The van der Waals surface area contributed by atoms with E-state index >= 15 is 0 Å². The molecule has 1 rings (SSSR count). The second-order valence-electron chi connectivity index (χ2n) is 5.33. The van der Waals surface area contributed by atoms with Crippen LogP contribution in [0.15, 0.2) is 24.3 Å². The Bertz CT molecular complexity index is 311. The van der Waals surface area contributed by atoms with E-state index in [0.29, 0.717) is 19.4 Å². The first kappa shape index (κ1) is 13.2. The van der Waals surface area contributed by atoms with Crippen LogP contribution in [0.3, 0.4) is 0 Å². The maximum atomic E-state index is 13.3. The Morgan fingerprint density at radius 3 is 2.19 bits per heavy atom. The molecule has 0 radical (unpaired) electrons. The molecule has 0 spiro atoms. The van der Waals surface area contributed by atoms with Crippen LogP contribution >= 0.6 is 0 Å². The van der Waals surface area contributed by atoms with Gasteiger partial charge in [-0.15, -0.1) is 0 Å². The van der Waals surface area contributed by atoms with Crippen LogP contribution in [0.1, 0.15) is 38.3 Å². The highest BCUT2D eigenvalue weighted by molar-refractivity contribution is 5.27. The van der Waals surface area contributed by atoms with Gasteiger partial charge in [0.15, 0.2) is 0 Å². The number of halogens is 1. The maximum absolute atomic E-state index is 13.3. The Kier molecular flexibility index (Phi) is 4.48. The largest absolute Gasteiger partial charge is 0.330 e. The quantitative estimate of drug-likeness (QED) is 0.833. The van der Waals surface area contributed by atoms with Crippen molar-refractivity contribution in [3.8, 4) is 0 Å². The lowest BCUT2D eigenvalue weighted by Crippen LogP contribution is -2.13. The van der Waals surface area contributed by atoms with Gasteiger partial charge in [0.2, 0.25) is 0 Å². The smallest absolute Gasteiger partial charge is 0.105 e. The van der Waals surface area contributed by atoms with E-state index in [1.54, 1.807) is 0 Å². The lowest BCUT2D eigenvalue weighted by molar-refractivity contribution is 0.316. The SMILES string of the molecule is CC(C)(C)c1ccc(CC(F)CCN)cc1. The minimum absolute atomic E-state index is 0.158. The average molecular weight is 223 g/mol. The van der Waals surface area contributed by atoms with Crippen LogP contribution in [0, 0.1) is 0 Å². The van der Waals surface area contributed by atoms with Crippen molar-refractivity contribution in [1.29, 1.82) is 0 Å². The number of alkyl halides is 1. The van der Waals surface area contributed by atoms with Gasteiger partial charge < -0.3 is 5.73 Å². The van der Waals surface area contributed by atoms with E-state index in [9.17, 15) is 4.39 Å². The van der Waals surface area contributed by atoms with Gasteiger partial charge in [-0.25, -0.2) is 4.39 Å². The van der Waals surface area contributed by atoms with Crippen molar-refractivity contribution >= 4 is 0 Å². The molecule has 0 saturated heterocycles. The highest BCUT2D eigenvalue weighted by Crippen LogP contribution is 2.22. The predicted octanol–water partition coefficient (Wildman–Crippen LogP) is 3.21. The predicted molar refractivity (Wildman–Crippen MR) is 67.4 cm³/mol. The Balaban J connectivity index is 2.65. The van der Waals surface area contributed by atoms with Gasteiger partial charge in [0.25, 0.3) is 0 Å². The molecule has 1 nitrogen and oxygen atoms in total. The summed E-state index contributed by atoms with van der Waals surface area (Å²) in [7, 11) is 0. The summed E-state index contributed by atoms with van der Waals surface area (Å²) in [4.78, 5) is 0. The van der Waals surface area contributed by atoms with E-state index < -0.39 is 6.17 Å². The fourth-order valence-electron chi connectivity index (χ4n) is 1.68. The average Bonchev–Trinajstić information content (AvgIpc) is 2.17. The van der Waals surface area contributed by atoms with Crippen LogP contribution < -0.4 is 5.73 Å². The number of hydrogen-bond donors (Lipinski definition) is 1. The van der Waals surface area contributed by atoms with Crippen LogP contribution in [0.4, 0.5) is 4.39 Å². The Labute approximate surface area is 97.9 Å². The zero-order valence-electron chi connectivity index (χ0n) is 10.5. The second-order valence-corrected chi connectivity index (χ2v) is 5.33. The molecule has 0 bridgehead atoms. The van der Waals surface area contributed by atoms with Gasteiger partial charge in [0.05, 0.1) is 0 Å². The van der Waals surface area contributed by atoms with Crippen molar-refractivity contribution in [2.24, 2.45) is 5.73 Å². The first-order valence-electron chi connectivity index (χ1n) is 5.87. The summed E-state index contributed by atoms with van der Waals surface area (Å²) in [6.07, 6.45) is 0.105. The molecule has 0 aliphatic heterocycles. The van der Waals surface area contributed by atoms with Crippen LogP contribution in [-0.4, -0.2) is 12.7 Å². The van der Waals surface area contributed by atoms with E-state index in [4.69, 9.17) is 5.73 Å². The third-order valence-corrected chi connectivity index (χ3v) is 2.76. The Hall–Kier alpha value is -0.890. The number of hydrogen-bond acceptors (Lipinski definition) is 1. The summed E-state index contributed by atoms with van der Waals surface area (Å²) in [5.74, 6) is 0. The molecule has 0 aromatic heterocycles. The van der Waals surface area contributed by atoms with Gasteiger partial charge in [-0.2, -0.15) is 0 Å². The first-order chi connectivity index (χ1) is 7.43. The standard InChI is InChI=1S/C14H22FN/c1-14(2,3)12-6-4-11(5-7-12)10-13(15)8-9-16/h4-7,13H,8-10,16H2,1-3H3. The van der Waals surface area contributed by atoms with Crippen LogP contribution in [0.25, 0.3) is 0 Å². The van der Waals surface area contributed by atoms with Crippen molar-refractivity contribution in [2.45, 2.75) is 45.2 Å². The van der Waals surface area contributed by atoms with Crippen molar-refractivity contribution < 1.29 is 4.39 Å². The number of benzene rings is 1. The van der Waals surface area contributed by atoms with Crippen molar-refractivity contribution in [1.82, 2.24) is 0 Å². The van der Waals surface area contributed by atoms with Crippen LogP contribution in [-0.2, 0) is 11.8 Å². The van der Waals surface area contributed by atoms with Gasteiger partial charge in [0.1, 0.15) is 6.17 Å². The Morgan fingerprint density at radius 2 is 1.75 bits per heavy atom. The summed E-state index contributed by atoms with van der Waals surface area (Å²) in [6.45, 7) is 6.94. The molecular weight excluding hydrogens is 201 g/mol. The molecule has 0 aliphatic rings.